The minimum atomic E-state index is -0.0335. The molecule has 1 atom stereocenters. The lowest BCUT2D eigenvalue weighted by Gasteiger charge is -2.34. The highest BCUT2D eigenvalue weighted by atomic mass is 14.7. The molecule has 0 spiro atoms. The number of hydrogen-bond donors (Lipinski definition) is 1. The maximum Gasteiger partial charge on any atom is 0.0422 e. The number of benzene rings is 1. The van der Waals surface area contributed by atoms with Gasteiger partial charge in [0.25, 0.3) is 0 Å². The van der Waals surface area contributed by atoms with E-state index in [-0.39, 0.29) is 5.41 Å². The van der Waals surface area contributed by atoms with Crippen LogP contribution in [0, 0.1) is 5.92 Å². The molecule has 1 nitrogen and oxygen atoms in total. The van der Waals surface area contributed by atoms with Crippen LogP contribution in [-0.2, 0) is 5.41 Å². The molecule has 18 heavy (non-hydrogen) atoms. The van der Waals surface area contributed by atoms with E-state index in [1.54, 1.807) is 0 Å². The SMILES string of the molecule is CC(c1ccccc1)(c1ccc[nH]1)C1C=CC=C1. The summed E-state index contributed by atoms with van der Waals surface area (Å²) in [6.07, 6.45) is 10.8. The molecule has 3 rings (SSSR count). The van der Waals surface area contributed by atoms with Crippen molar-refractivity contribution < 1.29 is 0 Å². The van der Waals surface area contributed by atoms with Gasteiger partial charge < -0.3 is 4.98 Å². The van der Waals surface area contributed by atoms with Gasteiger partial charge in [-0.1, -0.05) is 54.6 Å². The summed E-state index contributed by atoms with van der Waals surface area (Å²) in [6, 6.07) is 14.9. The standard InChI is InChI=1S/C17H17N/c1-17(15-10-5-6-11-15,16-12-7-13-18-16)14-8-3-2-4-9-14/h2-13,15,18H,1H3. The van der Waals surface area contributed by atoms with E-state index < -0.39 is 0 Å². The fourth-order valence-corrected chi connectivity index (χ4v) is 2.78. The molecule has 0 saturated heterocycles. The molecule has 0 fully saturated rings. The largest absolute Gasteiger partial charge is 0.364 e. The van der Waals surface area contributed by atoms with Crippen molar-refractivity contribution in [2.45, 2.75) is 12.3 Å². The third kappa shape index (κ3) is 1.63. The normalized spacial score (nSPS) is 18.1. The van der Waals surface area contributed by atoms with Crippen LogP contribution in [-0.4, -0.2) is 4.98 Å². The second-order valence-corrected chi connectivity index (χ2v) is 4.95. The Morgan fingerprint density at radius 3 is 2.28 bits per heavy atom. The summed E-state index contributed by atoms with van der Waals surface area (Å²) in [5.74, 6) is 0.401. The Labute approximate surface area is 108 Å². The Balaban J connectivity index is 2.15. The van der Waals surface area contributed by atoms with Gasteiger partial charge >= 0.3 is 0 Å². The van der Waals surface area contributed by atoms with Crippen LogP contribution in [0.5, 0.6) is 0 Å². The molecule has 1 aromatic carbocycles. The summed E-state index contributed by atoms with van der Waals surface area (Å²) < 4.78 is 0. The van der Waals surface area contributed by atoms with Gasteiger partial charge in [-0.05, 0) is 24.6 Å². The Morgan fingerprint density at radius 2 is 1.67 bits per heavy atom. The molecular weight excluding hydrogens is 218 g/mol. The van der Waals surface area contributed by atoms with Crippen molar-refractivity contribution >= 4 is 0 Å². The molecule has 2 aromatic rings. The van der Waals surface area contributed by atoms with E-state index >= 15 is 0 Å². The first-order valence-corrected chi connectivity index (χ1v) is 6.36. The molecule has 0 saturated carbocycles. The summed E-state index contributed by atoms with van der Waals surface area (Å²) in [7, 11) is 0. The summed E-state index contributed by atoms with van der Waals surface area (Å²) in [6.45, 7) is 2.30. The van der Waals surface area contributed by atoms with Gasteiger partial charge in [0.1, 0.15) is 0 Å². The monoisotopic (exact) mass is 235 g/mol. The second-order valence-electron chi connectivity index (χ2n) is 4.95. The second kappa shape index (κ2) is 4.34. The van der Waals surface area contributed by atoms with E-state index in [0.717, 1.165) is 0 Å². The van der Waals surface area contributed by atoms with Crippen LogP contribution < -0.4 is 0 Å². The minimum absolute atomic E-state index is 0.0335. The molecule has 1 heterocycles. The molecule has 90 valence electrons. The summed E-state index contributed by atoms with van der Waals surface area (Å²) >= 11 is 0. The average molecular weight is 235 g/mol. The van der Waals surface area contributed by atoms with Crippen molar-refractivity contribution in [2.75, 3.05) is 0 Å². The first-order chi connectivity index (χ1) is 8.82. The molecule has 1 unspecified atom stereocenters. The van der Waals surface area contributed by atoms with E-state index in [1.807, 2.05) is 6.20 Å². The Bertz CT molecular complexity index is 551. The van der Waals surface area contributed by atoms with Gasteiger partial charge in [0.2, 0.25) is 0 Å². The van der Waals surface area contributed by atoms with Crippen molar-refractivity contribution in [3.05, 3.63) is 84.2 Å². The van der Waals surface area contributed by atoms with Crippen LogP contribution in [0.15, 0.2) is 73.0 Å². The number of allylic oxidation sites excluding steroid dienone is 4. The van der Waals surface area contributed by atoms with Gasteiger partial charge in [-0.2, -0.15) is 0 Å². The van der Waals surface area contributed by atoms with Crippen molar-refractivity contribution in [1.82, 2.24) is 4.98 Å². The predicted octanol–water partition coefficient (Wildman–Crippen LogP) is 4.06. The van der Waals surface area contributed by atoms with E-state index in [9.17, 15) is 0 Å². The maximum absolute atomic E-state index is 3.39. The van der Waals surface area contributed by atoms with Gasteiger partial charge in [0, 0.05) is 23.2 Å². The lowest BCUT2D eigenvalue weighted by atomic mass is 9.70. The molecule has 1 N–H and O–H groups in total. The molecule has 0 amide bonds. The quantitative estimate of drug-likeness (QED) is 0.825. The number of rotatable bonds is 3. The molecular formula is C17H17N. The van der Waals surface area contributed by atoms with Gasteiger partial charge in [-0.15, -0.1) is 0 Å². The number of nitrogens with one attached hydrogen (secondary N) is 1. The molecule has 0 bridgehead atoms. The first kappa shape index (κ1) is 11.1. The van der Waals surface area contributed by atoms with Crippen LogP contribution >= 0.6 is 0 Å². The van der Waals surface area contributed by atoms with Crippen LogP contribution in [0.3, 0.4) is 0 Å². The number of hydrogen-bond acceptors (Lipinski definition) is 0. The molecule has 0 aliphatic heterocycles. The van der Waals surface area contributed by atoms with Crippen molar-refractivity contribution in [3.63, 3.8) is 0 Å². The van der Waals surface area contributed by atoms with E-state index in [2.05, 4.69) is 78.7 Å². The maximum atomic E-state index is 3.39. The van der Waals surface area contributed by atoms with E-state index in [0.29, 0.717) is 5.92 Å². The Morgan fingerprint density at radius 1 is 0.944 bits per heavy atom. The molecule has 1 aliphatic rings. The number of H-pyrrole nitrogens is 1. The molecule has 0 radical (unpaired) electrons. The lowest BCUT2D eigenvalue weighted by molar-refractivity contribution is 0.476. The topological polar surface area (TPSA) is 15.8 Å². The van der Waals surface area contributed by atoms with Crippen molar-refractivity contribution in [3.8, 4) is 0 Å². The lowest BCUT2D eigenvalue weighted by Crippen LogP contribution is -2.31. The zero-order chi connectivity index (χ0) is 12.4. The highest BCUT2D eigenvalue weighted by Crippen LogP contribution is 2.40. The highest BCUT2D eigenvalue weighted by Gasteiger charge is 2.36. The first-order valence-electron chi connectivity index (χ1n) is 6.36. The number of aromatic amines is 1. The summed E-state index contributed by atoms with van der Waals surface area (Å²) in [5.41, 5.74) is 2.57. The zero-order valence-corrected chi connectivity index (χ0v) is 10.5. The van der Waals surface area contributed by atoms with Crippen LogP contribution in [0.25, 0.3) is 0 Å². The van der Waals surface area contributed by atoms with Gasteiger partial charge in [-0.3, -0.25) is 0 Å². The van der Waals surface area contributed by atoms with Gasteiger partial charge in [0.15, 0.2) is 0 Å². The summed E-state index contributed by atoms with van der Waals surface area (Å²) in [4.78, 5) is 3.39. The molecule has 1 aromatic heterocycles. The predicted molar refractivity (Wildman–Crippen MR) is 75.5 cm³/mol. The van der Waals surface area contributed by atoms with Crippen molar-refractivity contribution in [1.29, 1.82) is 0 Å². The fourth-order valence-electron chi connectivity index (χ4n) is 2.78. The van der Waals surface area contributed by atoms with Gasteiger partial charge in [-0.25, -0.2) is 0 Å². The number of aromatic nitrogens is 1. The fraction of sp³-hybridized carbons (Fsp3) is 0.176. The zero-order valence-electron chi connectivity index (χ0n) is 10.5. The third-order valence-corrected chi connectivity index (χ3v) is 3.95. The van der Waals surface area contributed by atoms with Crippen molar-refractivity contribution in [2.24, 2.45) is 5.92 Å². The van der Waals surface area contributed by atoms with E-state index in [4.69, 9.17) is 0 Å². The van der Waals surface area contributed by atoms with Crippen LogP contribution in [0.2, 0.25) is 0 Å². The van der Waals surface area contributed by atoms with Crippen LogP contribution in [0.1, 0.15) is 18.2 Å². The van der Waals surface area contributed by atoms with E-state index in [1.165, 1.54) is 11.3 Å². The third-order valence-electron chi connectivity index (χ3n) is 3.95. The van der Waals surface area contributed by atoms with Gasteiger partial charge in [0.05, 0.1) is 0 Å². The summed E-state index contributed by atoms with van der Waals surface area (Å²) in [5, 5.41) is 0. The van der Waals surface area contributed by atoms with Crippen LogP contribution in [0.4, 0.5) is 0 Å². The minimum Gasteiger partial charge on any atom is -0.364 e. The highest BCUT2D eigenvalue weighted by molar-refractivity contribution is 5.41. The molecule has 1 aliphatic carbocycles. The molecule has 1 heteroatoms. The average Bonchev–Trinajstić information content (AvgIpc) is 3.12. The Hall–Kier alpha value is -2.02. The smallest absolute Gasteiger partial charge is 0.0422 e. The Kier molecular flexibility index (Phi) is 2.67.